The zero-order valence-electron chi connectivity index (χ0n) is 14.0. The minimum Gasteiger partial charge on any atom is -0.449 e. The van der Waals surface area contributed by atoms with Crippen molar-refractivity contribution in [3.63, 3.8) is 0 Å². The van der Waals surface area contributed by atoms with Crippen LogP contribution in [0.2, 0.25) is 5.02 Å². The number of rotatable bonds is 5. The van der Waals surface area contributed by atoms with Crippen LogP contribution in [0.15, 0.2) is 42.5 Å². The lowest BCUT2D eigenvalue weighted by atomic mass is 10.2. The number of nitrogens with one attached hydrogen (secondary N) is 2. The SMILES string of the molecule is CC(=O)Nc1ccc(NC(=O)[C@H](C)OC(=O)c2ccc(F)cc2Cl)cc1. The van der Waals surface area contributed by atoms with E-state index in [-0.39, 0.29) is 16.5 Å². The third-order valence-corrected chi connectivity index (χ3v) is 3.59. The van der Waals surface area contributed by atoms with Gasteiger partial charge in [0.25, 0.3) is 5.91 Å². The fraction of sp³-hybridized carbons (Fsp3) is 0.167. The van der Waals surface area contributed by atoms with Crippen LogP contribution in [0.1, 0.15) is 24.2 Å². The molecule has 2 rings (SSSR count). The molecule has 0 aliphatic carbocycles. The van der Waals surface area contributed by atoms with E-state index in [4.69, 9.17) is 16.3 Å². The average molecular weight is 379 g/mol. The molecule has 0 radical (unpaired) electrons. The topological polar surface area (TPSA) is 84.5 Å². The Morgan fingerprint density at radius 2 is 1.62 bits per heavy atom. The molecule has 0 saturated heterocycles. The molecule has 26 heavy (non-hydrogen) atoms. The van der Waals surface area contributed by atoms with E-state index < -0.39 is 23.8 Å². The maximum absolute atomic E-state index is 13.0. The van der Waals surface area contributed by atoms with E-state index in [9.17, 15) is 18.8 Å². The van der Waals surface area contributed by atoms with Gasteiger partial charge in [-0.3, -0.25) is 9.59 Å². The van der Waals surface area contributed by atoms with E-state index in [0.29, 0.717) is 11.4 Å². The van der Waals surface area contributed by atoms with E-state index in [0.717, 1.165) is 12.1 Å². The molecule has 6 nitrogen and oxygen atoms in total. The van der Waals surface area contributed by atoms with Crippen LogP contribution >= 0.6 is 11.6 Å². The summed E-state index contributed by atoms with van der Waals surface area (Å²) in [4.78, 5) is 35.1. The van der Waals surface area contributed by atoms with Gasteiger partial charge >= 0.3 is 5.97 Å². The number of hydrogen-bond acceptors (Lipinski definition) is 4. The van der Waals surface area contributed by atoms with Gasteiger partial charge in [0.05, 0.1) is 10.6 Å². The maximum atomic E-state index is 13.0. The third kappa shape index (κ3) is 5.29. The Kier molecular flexibility index (Phi) is 6.30. The summed E-state index contributed by atoms with van der Waals surface area (Å²) in [6, 6.07) is 9.66. The molecule has 8 heteroatoms. The number of anilines is 2. The van der Waals surface area contributed by atoms with E-state index in [1.807, 2.05) is 0 Å². The van der Waals surface area contributed by atoms with E-state index in [1.54, 1.807) is 24.3 Å². The Balaban J connectivity index is 1.96. The molecular formula is C18H16ClFN2O4. The standard InChI is InChI=1S/C18H16ClFN2O4/c1-10(26-18(25)15-8-3-12(20)9-16(15)19)17(24)22-14-6-4-13(5-7-14)21-11(2)23/h3-10H,1-2H3,(H,21,23)(H,22,24)/t10-/m0/s1. The number of halogens is 2. The number of hydrogen-bond donors (Lipinski definition) is 2. The van der Waals surface area contributed by atoms with Crippen molar-refractivity contribution in [2.24, 2.45) is 0 Å². The van der Waals surface area contributed by atoms with Crippen molar-refractivity contribution in [2.75, 3.05) is 10.6 Å². The van der Waals surface area contributed by atoms with Crippen molar-refractivity contribution in [2.45, 2.75) is 20.0 Å². The third-order valence-electron chi connectivity index (χ3n) is 3.28. The second kappa shape index (κ2) is 8.44. The number of ether oxygens (including phenoxy) is 1. The molecule has 0 spiro atoms. The van der Waals surface area contributed by atoms with Crippen LogP contribution in [0.5, 0.6) is 0 Å². The molecule has 0 unspecified atom stereocenters. The summed E-state index contributed by atoms with van der Waals surface area (Å²) in [6.45, 7) is 2.79. The highest BCUT2D eigenvalue weighted by Crippen LogP contribution is 2.19. The molecule has 0 heterocycles. The number of benzene rings is 2. The largest absolute Gasteiger partial charge is 0.449 e. The average Bonchev–Trinajstić information content (AvgIpc) is 2.55. The lowest BCUT2D eigenvalue weighted by Gasteiger charge is -2.14. The maximum Gasteiger partial charge on any atom is 0.340 e. The van der Waals surface area contributed by atoms with Crippen LogP contribution in [0.25, 0.3) is 0 Å². The summed E-state index contributed by atoms with van der Waals surface area (Å²) in [5.41, 5.74) is 1.01. The Labute approximate surface area is 154 Å². The minimum atomic E-state index is -1.10. The van der Waals surface area contributed by atoms with E-state index in [1.165, 1.54) is 19.9 Å². The Morgan fingerprint density at radius 1 is 1.04 bits per heavy atom. The molecule has 0 fully saturated rings. The molecule has 0 aliphatic heterocycles. The molecule has 0 aromatic heterocycles. The lowest BCUT2D eigenvalue weighted by Crippen LogP contribution is -2.30. The number of amides is 2. The highest BCUT2D eigenvalue weighted by atomic mass is 35.5. The highest BCUT2D eigenvalue weighted by Gasteiger charge is 2.21. The van der Waals surface area contributed by atoms with Crippen molar-refractivity contribution in [1.82, 2.24) is 0 Å². The van der Waals surface area contributed by atoms with Crippen molar-refractivity contribution < 1.29 is 23.5 Å². The number of carbonyl (C=O) groups excluding carboxylic acids is 3. The molecule has 2 amide bonds. The first-order chi connectivity index (χ1) is 12.3. The zero-order valence-corrected chi connectivity index (χ0v) is 14.8. The van der Waals surface area contributed by atoms with Gasteiger partial charge < -0.3 is 15.4 Å². The second-order valence-corrected chi connectivity index (χ2v) is 5.83. The van der Waals surface area contributed by atoms with Gasteiger partial charge in [-0.15, -0.1) is 0 Å². The first-order valence-corrected chi connectivity index (χ1v) is 7.98. The predicted molar refractivity (Wildman–Crippen MR) is 95.7 cm³/mol. The zero-order chi connectivity index (χ0) is 19.3. The summed E-state index contributed by atoms with van der Waals surface area (Å²) in [5.74, 6) is -2.18. The molecule has 2 aromatic rings. The molecule has 2 N–H and O–H groups in total. The predicted octanol–water partition coefficient (Wildman–Crippen LogP) is 3.62. The van der Waals surface area contributed by atoms with E-state index >= 15 is 0 Å². The van der Waals surface area contributed by atoms with Gasteiger partial charge in [0.15, 0.2) is 6.10 Å². The fourth-order valence-electron chi connectivity index (χ4n) is 2.02. The summed E-state index contributed by atoms with van der Waals surface area (Å²) in [7, 11) is 0. The number of esters is 1. The Morgan fingerprint density at radius 3 is 2.15 bits per heavy atom. The lowest BCUT2D eigenvalue weighted by molar-refractivity contribution is -0.123. The summed E-state index contributed by atoms with van der Waals surface area (Å²) >= 11 is 5.80. The first-order valence-electron chi connectivity index (χ1n) is 7.61. The van der Waals surface area contributed by atoms with Gasteiger partial charge in [0.1, 0.15) is 5.82 Å². The van der Waals surface area contributed by atoms with Crippen molar-refractivity contribution in [3.8, 4) is 0 Å². The van der Waals surface area contributed by atoms with Crippen LogP contribution in [0, 0.1) is 5.82 Å². The minimum absolute atomic E-state index is 0.0348. The van der Waals surface area contributed by atoms with Gasteiger partial charge in [-0.2, -0.15) is 0 Å². The van der Waals surface area contributed by atoms with Gasteiger partial charge in [-0.1, -0.05) is 11.6 Å². The monoisotopic (exact) mass is 378 g/mol. The Bertz CT molecular complexity index is 840. The van der Waals surface area contributed by atoms with Gasteiger partial charge in [-0.05, 0) is 49.4 Å². The molecule has 2 aromatic carbocycles. The van der Waals surface area contributed by atoms with Crippen LogP contribution in [-0.2, 0) is 14.3 Å². The molecule has 0 aliphatic rings. The molecule has 136 valence electrons. The first kappa shape index (κ1) is 19.4. The smallest absolute Gasteiger partial charge is 0.340 e. The summed E-state index contributed by atoms with van der Waals surface area (Å²) in [6.07, 6.45) is -1.10. The van der Waals surface area contributed by atoms with Crippen LogP contribution in [-0.4, -0.2) is 23.9 Å². The van der Waals surface area contributed by atoms with Crippen molar-refractivity contribution in [3.05, 3.63) is 58.9 Å². The molecule has 0 bridgehead atoms. The van der Waals surface area contributed by atoms with Crippen molar-refractivity contribution in [1.29, 1.82) is 0 Å². The fourth-order valence-corrected chi connectivity index (χ4v) is 2.26. The van der Waals surface area contributed by atoms with Crippen LogP contribution in [0.3, 0.4) is 0 Å². The summed E-state index contributed by atoms with van der Waals surface area (Å²) < 4.78 is 18.1. The van der Waals surface area contributed by atoms with E-state index in [2.05, 4.69) is 10.6 Å². The molecular weight excluding hydrogens is 363 g/mol. The van der Waals surface area contributed by atoms with Gasteiger partial charge in [0, 0.05) is 18.3 Å². The number of carbonyl (C=O) groups is 3. The van der Waals surface area contributed by atoms with Crippen LogP contribution in [0.4, 0.5) is 15.8 Å². The van der Waals surface area contributed by atoms with Gasteiger partial charge in [0.2, 0.25) is 5.91 Å². The normalized spacial score (nSPS) is 11.4. The quantitative estimate of drug-likeness (QED) is 0.778. The molecule has 1 atom stereocenters. The second-order valence-electron chi connectivity index (χ2n) is 5.42. The van der Waals surface area contributed by atoms with Crippen molar-refractivity contribution >= 4 is 40.8 Å². The Hall–Kier alpha value is -2.93. The molecule has 0 saturated carbocycles. The summed E-state index contributed by atoms with van der Waals surface area (Å²) in [5, 5.41) is 5.08. The van der Waals surface area contributed by atoms with Crippen LogP contribution < -0.4 is 10.6 Å². The highest BCUT2D eigenvalue weighted by molar-refractivity contribution is 6.33. The van der Waals surface area contributed by atoms with Gasteiger partial charge in [-0.25, -0.2) is 9.18 Å².